The van der Waals surface area contributed by atoms with Gasteiger partial charge >= 0.3 is 0 Å². The fourth-order valence-electron chi connectivity index (χ4n) is 2.54. The van der Waals surface area contributed by atoms with Gasteiger partial charge in [0.1, 0.15) is 0 Å². The van der Waals surface area contributed by atoms with Crippen LogP contribution in [0.25, 0.3) is 0 Å². The zero-order valence-electron chi connectivity index (χ0n) is 11.8. The molecule has 1 unspecified atom stereocenters. The highest BCUT2D eigenvalue weighted by atomic mass is 16.3. The zero-order valence-corrected chi connectivity index (χ0v) is 11.8. The van der Waals surface area contributed by atoms with Crippen molar-refractivity contribution in [1.82, 2.24) is 4.90 Å². The van der Waals surface area contributed by atoms with Gasteiger partial charge in [0.05, 0.1) is 12.0 Å². The van der Waals surface area contributed by atoms with Gasteiger partial charge in [-0.05, 0) is 37.3 Å². The number of piperidine rings is 1. The molecular formula is C16H23NO2. The Balaban J connectivity index is 2.01. The van der Waals surface area contributed by atoms with E-state index < -0.39 is 0 Å². The molecule has 1 heterocycles. The van der Waals surface area contributed by atoms with Crippen molar-refractivity contribution in [2.45, 2.75) is 45.1 Å². The van der Waals surface area contributed by atoms with Crippen molar-refractivity contribution in [2.24, 2.45) is 0 Å². The molecular weight excluding hydrogens is 238 g/mol. The van der Waals surface area contributed by atoms with Crippen molar-refractivity contribution in [3.8, 4) is 0 Å². The molecule has 0 aliphatic carbocycles. The van der Waals surface area contributed by atoms with Crippen molar-refractivity contribution in [1.29, 1.82) is 0 Å². The molecule has 19 heavy (non-hydrogen) atoms. The van der Waals surface area contributed by atoms with Gasteiger partial charge in [-0.1, -0.05) is 31.2 Å². The van der Waals surface area contributed by atoms with Crippen LogP contribution in [0.3, 0.4) is 0 Å². The average molecular weight is 261 g/mol. The maximum atomic E-state index is 12.4. The number of benzene rings is 1. The molecule has 1 atom stereocenters. The summed E-state index contributed by atoms with van der Waals surface area (Å²) < 4.78 is 0. The summed E-state index contributed by atoms with van der Waals surface area (Å²) in [6, 6.07) is 8.30. The molecule has 1 aromatic rings. The summed E-state index contributed by atoms with van der Waals surface area (Å²) in [5, 5.41) is 9.48. The number of carbonyl (C=O) groups is 1. The Bertz CT molecular complexity index is 419. The van der Waals surface area contributed by atoms with E-state index in [4.69, 9.17) is 0 Å². The fourth-order valence-corrected chi connectivity index (χ4v) is 2.54. The molecule has 1 aliphatic heterocycles. The van der Waals surface area contributed by atoms with Gasteiger partial charge in [0.15, 0.2) is 0 Å². The highest BCUT2D eigenvalue weighted by molar-refractivity contribution is 5.83. The topological polar surface area (TPSA) is 40.5 Å². The SMILES string of the molecule is CCc1ccc(C(C)C(=O)N2CCC(O)CC2)cc1. The minimum Gasteiger partial charge on any atom is -0.393 e. The lowest BCUT2D eigenvalue weighted by Gasteiger charge is -2.31. The summed E-state index contributed by atoms with van der Waals surface area (Å²) in [4.78, 5) is 14.3. The van der Waals surface area contributed by atoms with Gasteiger partial charge in [-0.2, -0.15) is 0 Å². The third-order valence-electron chi connectivity index (χ3n) is 4.03. The summed E-state index contributed by atoms with van der Waals surface area (Å²) in [5.41, 5.74) is 2.37. The number of amides is 1. The molecule has 0 spiro atoms. The van der Waals surface area contributed by atoms with Gasteiger partial charge in [-0.15, -0.1) is 0 Å². The number of nitrogens with zero attached hydrogens (tertiary/aromatic N) is 1. The van der Waals surface area contributed by atoms with Gasteiger partial charge in [-0.25, -0.2) is 0 Å². The Kier molecular flexibility index (Phi) is 4.59. The molecule has 1 N–H and O–H groups in total. The van der Waals surface area contributed by atoms with Crippen molar-refractivity contribution >= 4 is 5.91 Å². The molecule has 0 bridgehead atoms. The monoisotopic (exact) mass is 261 g/mol. The Hall–Kier alpha value is -1.35. The first kappa shape index (κ1) is 14.1. The minimum atomic E-state index is -0.233. The van der Waals surface area contributed by atoms with Crippen molar-refractivity contribution < 1.29 is 9.90 Å². The normalized spacial score (nSPS) is 18.4. The smallest absolute Gasteiger partial charge is 0.229 e. The molecule has 2 rings (SSSR count). The largest absolute Gasteiger partial charge is 0.393 e. The van der Waals surface area contributed by atoms with Crippen LogP contribution < -0.4 is 0 Å². The second-order valence-electron chi connectivity index (χ2n) is 5.37. The van der Waals surface area contributed by atoms with E-state index >= 15 is 0 Å². The number of aryl methyl sites for hydroxylation is 1. The predicted molar refractivity (Wildman–Crippen MR) is 76.1 cm³/mol. The first-order chi connectivity index (χ1) is 9.11. The molecule has 104 valence electrons. The third-order valence-corrected chi connectivity index (χ3v) is 4.03. The van der Waals surface area contributed by atoms with Crippen LogP contribution in [-0.2, 0) is 11.2 Å². The summed E-state index contributed by atoms with van der Waals surface area (Å²) in [6.45, 7) is 5.45. The predicted octanol–water partition coefficient (Wildman–Crippen LogP) is 2.34. The number of aliphatic hydroxyl groups excluding tert-OH is 1. The number of hydrogen-bond acceptors (Lipinski definition) is 2. The highest BCUT2D eigenvalue weighted by Crippen LogP contribution is 2.21. The van der Waals surface area contributed by atoms with Crippen LogP contribution in [0.1, 0.15) is 43.7 Å². The van der Waals surface area contributed by atoms with Gasteiger partial charge in [0, 0.05) is 13.1 Å². The Morgan fingerprint density at radius 2 is 1.89 bits per heavy atom. The summed E-state index contributed by atoms with van der Waals surface area (Å²) >= 11 is 0. The van der Waals surface area contributed by atoms with Gasteiger partial charge in [0.2, 0.25) is 5.91 Å². The molecule has 1 aliphatic rings. The number of aliphatic hydroxyl groups is 1. The van der Waals surface area contributed by atoms with E-state index in [9.17, 15) is 9.90 Å². The third kappa shape index (κ3) is 3.35. The second kappa shape index (κ2) is 6.20. The van der Waals surface area contributed by atoms with E-state index in [0.717, 1.165) is 12.0 Å². The molecule has 0 radical (unpaired) electrons. The van der Waals surface area contributed by atoms with Crippen LogP contribution in [-0.4, -0.2) is 35.1 Å². The van der Waals surface area contributed by atoms with Gasteiger partial charge < -0.3 is 10.0 Å². The number of likely N-dealkylation sites (tertiary alicyclic amines) is 1. The maximum Gasteiger partial charge on any atom is 0.229 e. The highest BCUT2D eigenvalue weighted by Gasteiger charge is 2.25. The zero-order chi connectivity index (χ0) is 13.8. The minimum absolute atomic E-state index is 0.0962. The summed E-state index contributed by atoms with van der Waals surface area (Å²) in [7, 11) is 0. The average Bonchev–Trinajstić information content (AvgIpc) is 2.46. The van der Waals surface area contributed by atoms with Gasteiger partial charge in [-0.3, -0.25) is 4.79 Å². The number of carbonyl (C=O) groups excluding carboxylic acids is 1. The van der Waals surface area contributed by atoms with E-state index in [1.54, 1.807) is 0 Å². The lowest BCUT2D eigenvalue weighted by molar-refractivity contribution is -0.134. The summed E-state index contributed by atoms with van der Waals surface area (Å²) in [5.74, 6) is 0.0808. The molecule has 0 saturated carbocycles. The summed E-state index contributed by atoms with van der Waals surface area (Å²) in [6.07, 6.45) is 2.19. The molecule has 1 fully saturated rings. The standard InChI is InChI=1S/C16H23NO2/c1-3-13-4-6-14(7-5-13)12(2)16(19)17-10-8-15(18)9-11-17/h4-7,12,15,18H,3,8-11H2,1-2H3. The quantitative estimate of drug-likeness (QED) is 0.907. The molecule has 3 nitrogen and oxygen atoms in total. The molecule has 0 aromatic heterocycles. The first-order valence-corrected chi connectivity index (χ1v) is 7.17. The van der Waals surface area contributed by atoms with E-state index in [2.05, 4.69) is 31.2 Å². The maximum absolute atomic E-state index is 12.4. The first-order valence-electron chi connectivity index (χ1n) is 7.17. The number of hydrogen-bond donors (Lipinski definition) is 1. The van der Waals surface area contributed by atoms with Crippen LogP contribution in [0.2, 0.25) is 0 Å². The van der Waals surface area contributed by atoms with Crippen molar-refractivity contribution in [3.63, 3.8) is 0 Å². The number of rotatable bonds is 3. The molecule has 3 heteroatoms. The van der Waals surface area contributed by atoms with E-state index in [0.29, 0.717) is 25.9 Å². The lowest BCUT2D eigenvalue weighted by Crippen LogP contribution is -2.41. The second-order valence-corrected chi connectivity index (χ2v) is 5.37. The molecule has 1 saturated heterocycles. The fraction of sp³-hybridized carbons (Fsp3) is 0.562. The van der Waals surface area contributed by atoms with Gasteiger partial charge in [0.25, 0.3) is 0 Å². The van der Waals surface area contributed by atoms with Crippen molar-refractivity contribution in [3.05, 3.63) is 35.4 Å². The van der Waals surface area contributed by atoms with Crippen molar-refractivity contribution in [2.75, 3.05) is 13.1 Å². The van der Waals surface area contributed by atoms with Crippen LogP contribution in [0.4, 0.5) is 0 Å². The Labute approximate surface area is 115 Å². The Morgan fingerprint density at radius 3 is 2.42 bits per heavy atom. The van der Waals surface area contributed by atoms with Crippen LogP contribution in [0.15, 0.2) is 24.3 Å². The van der Waals surface area contributed by atoms with Crippen LogP contribution in [0.5, 0.6) is 0 Å². The molecule has 1 amide bonds. The Morgan fingerprint density at radius 1 is 1.32 bits per heavy atom. The van der Waals surface area contributed by atoms with E-state index in [1.165, 1.54) is 5.56 Å². The molecule has 1 aromatic carbocycles. The van der Waals surface area contributed by atoms with E-state index in [-0.39, 0.29) is 17.9 Å². The lowest BCUT2D eigenvalue weighted by atomic mass is 9.96. The van der Waals surface area contributed by atoms with Crippen LogP contribution in [0, 0.1) is 0 Å². The van der Waals surface area contributed by atoms with E-state index in [1.807, 2.05) is 11.8 Å². The van der Waals surface area contributed by atoms with Crippen LogP contribution >= 0.6 is 0 Å².